The standard InChI is InChI=1S/C24H36N4O3/c1-6-14-27(24(30)25-20-10-12-22(13-11-20)31-7-2)18-23(29)28(16-19(3)4)17-21-9-8-15-26(21)5/h8-13,15,19H,6-7,14,16-18H2,1-5H3,(H,25,30). The highest BCUT2D eigenvalue weighted by Gasteiger charge is 2.22. The Kier molecular flexibility index (Phi) is 9.43. The second-order valence-electron chi connectivity index (χ2n) is 8.09. The molecule has 0 unspecified atom stereocenters. The molecule has 1 aromatic heterocycles. The van der Waals surface area contributed by atoms with Crippen molar-refractivity contribution in [3.8, 4) is 5.75 Å². The number of rotatable bonds is 11. The van der Waals surface area contributed by atoms with Crippen molar-refractivity contribution < 1.29 is 14.3 Å². The van der Waals surface area contributed by atoms with E-state index in [4.69, 9.17) is 4.74 Å². The first-order valence-corrected chi connectivity index (χ1v) is 11.0. The molecule has 0 saturated carbocycles. The highest BCUT2D eigenvalue weighted by Crippen LogP contribution is 2.16. The fourth-order valence-corrected chi connectivity index (χ4v) is 3.34. The van der Waals surface area contributed by atoms with E-state index in [9.17, 15) is 9.59 Å². The van der Waals surface area contributed by atoms with Crippen molar-refractivity contribution in [3.63, 3.8) is 0 Å². The second-order valence-corrected chi connectivity index (χ2v) is 8.09. The molecular formula is C24H36N4O3. The van der Waals surface area contributed by atoms with Crippen molar-refractivity contribution in [2.75, 3.05) is 31.6 Å². The lowest BCUT2D eigenvalue weighted by Gasteiger charge is -2.29. The Morgan fingerprint density at radius 1 is 1.10 bits per heavy atom. The normalized spacial score (nSPS) is 10.8. The van der Waals surface area contributed by atoms with E-state index in [1.807, 2.05) is 60.8 Å². The number of hydrogen-bond acceptors (Lipinski definition) is 3. The van der Waals surface area contributed by atoms with Gasteiger partial charge in [0.25, 0.3) is 0 Å². The zero-order valence-electron chi connectivity index (χ0n) is 19.4. The monoisotopic (exact) mass is 428 g/mol. The van der Waals surface area contributed by atoms with E-state index in [2.05, 4.69) is 19.2 Å². The van der Waals surface area contributed by atoms with E-state index >= 15 is 0 Å². The van der Waals surface area contributed by atoms with Gasteiger partial charge < -0.3 is 24.4 Å². The molecule has 0 bridgehead atoms. The van der Waals surface area contributed by atoms with Crippen LogP contribution in [-0.4, -0.2) is 52.5 Å². The van der Waals surface area contributed by atoms with Gasteiger partial charge in [0, 0.05) is 37.7 Å². The van der Waals surface area contributed by atoms with Gasteiger partial charge in [-0.3, -0.25) is 4.79 Å². The van der Waals surface area contributed by atoms with Crippen LogP contribution < -0.4 is 10.1 Å². The molecule has 2 aromatic rings. The van der Waals surface area contributed by atoms with E-state index in [0.717, 1.165) is 17.9 Å². The van der Waals surface area contributed by atoms with Crippen LogP contribution in [0.25, 0.3) is 0 Å². The number of nitrogens with one attached hydrogen (secondary N) is 1. The molecule has 0 spiro atoms. The van der Waals surface area contributed by atoms with Gasteiger partial charge in [-0.05, 0) is 55.7 Å². The van der Waals surface area contributed by atoms with E-state index in [-0.39, 0.29) is 18.5 Å². The zero-order chi connectivity index (χ0) is 22.8. The molecule has 0 radical (unpaired) electrons. The van der Waals surface area contributed by atoms with Gasteiger partial charge in [-0.15, -0.1) is 0 Å². The van der Waals surface area contributed by atoms with Gasteiger partial charge in [-0.2, -0.15) is 0 Å². The van der Waals surface area contributed by atoms with E-state index in [1.165, 1.54) is 0 Å². The molecule has 7 nitrogen and oxygen atoms in total. The smallest absolute Gasteiger partial charge is 0.322 e. The number of aryl methyl sites for hydroxylation is 1. The summed E-state index contributed by atoms with van der Waals surface area (Å²) < 4.78 is 7.46. The summed E-state index contributed by atoms with van der Waals surface area (Å²) in [5, 5.41) is 2.89. The summed E-state index contributed by atoms with van der Waals surface area (Å²) in [6.45, 7) is 10.4. The minimum Gasteiger partial charge on any atom is -0.494 e. The Bertz CT molecular complexity index is 830. The number of carbonyl (C=O) groups is 2. The van der Waals surface area contributed by atoms with E-state index < -0.39 is 0 Å². The molecule has 0 aliphatic heterocycles. The van der Waals surface area contributed by atoms with Crippen LogP contribution in [-0.2, 0) is 18.4 Å². The summed E-state index contributed by atoms with van der Waals surface area (Å²) in [7, 11) is 1.97. The van der Waals surface area contributed by atoms with Crippen molar-refractivity contribution in [1.82, 2.24) is 14.4 Å². The fourth-order valence-electron chi connectivity index (χ4n) is 3.34. The lowest BCUT2D eigenvalue weighted by molar-refractivity contribution is -0.133. The Balaban J connectivity index is 2.06. The van der Waals surface area contributed by atoms with Gasteiger partial charge in [0.1, 0.15) is 12.3 Å². The molecule has 1 aromatic carbocycles. The maximum Gasteiger partial charge on any atom is 0.322 e. The molecule has 0 aliphatic carbocycles. The molecule has 1 N–H and O–H groups in total. The Morgan fingerprint density at radius 3 is 2.35 bits per heavy atom. The molecule has 0 aliphatic rings. The zero-order valence-corrected chi connectivity index (χ0v) is 19.4. The van der Waals surface area contributed by atoms with Gasteiger partial charge in [0.15, 0.2) is 0 Å². The Morgan fingerprint density at radius 2 is 1.81 bits per heavy atom. The number of amides is 3. The highest BCUT2D eigenvalue weighted by molar-refractivity contribution is 5.92. The number of urea groups is 1. The number of ether oxygens (including phenoxy) is 1. The first-order chi connectivity index (χ1) is 14.8. The Hall–Kier alpha value is -2.96. The van der Waals surface area contributed by atoms with Crippen LogP contribution in [0.5, 0.6) is 5.75 Å². The topological polar surface area (TPSA) is 66.8 Å². The molecule has 170 valence electrons. The first kappa shape index (κ1) is 24.3. The van der Waals surface area contributed by atoms with Crippen LogP contribution in [0.15, 0.2) is 42.6 Å². The molecule has 7 heteroatoms. The minimum absolute atomic E-state index is 0.0494. The number of anilines is 1. The lowest BCUT2D eigenvalue weighted by atomic mass is 10.2. The quantitative estimate of drug-likeness (QED) is 0.578. The number of hydrogen-bond donors (Lipinski definition) is 1. The molecule has 31 heavy (non-hydrogen) atoms. The molecule has 0 fully saturated rings. The summed E-state index contributed by atoms with van der Waals surface area (Å²) in [5.74, 6) is 1.04. The summed E-state index contributed by atoms with van der Waals surface area (Å²) in [5.41, 5.74) is 1.74. The third kappa shape index (κ3) is 7.66. The summed E-state index contributed by atoms with van der Waals surface area (Å²) in [4.78, 5) is 29.4. The number of aromatic nitrogens is 1. The summed E-state index contributed by atoms with van der Waals surface area (Å²) in [6, 6.07) is 11.0. The van der Waals surface area contributed by atoms with Crippen LogP contribution >= 0.6 is 0 Å². The maximum atomic E-state index is 13.2. The molecule has 0 saturated heterocycles. The molecule has 0 atom stereocenters. The summed E-state index contributed by atoms with van der Waals surface area (Å²) >= 11 is 0. The molecule has 3 amide bonds. The third-order valence-corrected chi connectivity index (χ3v) is 4.87. The van der Waals surface area contributed by atoms with Crippen molar-refractivity contribution >= 4 is 17.6 Å². The number of nitrogens with zero attached hydrogens (tertiary/aromatic N) is 3. The largest absolute Gasteiger partial charge is 0.494 e. The van der Waals surface area contributed by atoms with Gasteiger partial charge in [0.05, 0.1) is 13.2 Å². The predicted octanol–water partition coefficient (Wildman–Crippen LogP) is 4.35. The first-order valence-electron chi connectivity index (χ1n) is 11.0. The Labute approximate surface area is 186 Å². The van der Waals surface area contributed by atoms with E-state index in [1.54, 1.807) is 17.0 Å². The molecule has 2 rings (SSSR count). The average Bonchev–Trinajstić information content (AvgIpc) is 3.13. The van der Waals surface area contributed by atoms with Crippen LogP contribution in [0, 0.1) is 5.92 Å². The van der Waals surface area contributed by atoms with Crippen molar-refractivity contribution in [2.24, 2.45) is 13.0 Å². The van der Waals surface area contributed by atoms with Crippen molar-refractivity contribution in [1.29, 1.82) is 0 Å². The molecular weight excluding hydrogens is 392 g/mol. The number of carbonyl (C=O) groups excluding carboxylic acids is 2. The van der Waals surface area contributed by atoms with E-state index in [0.29, 0.717) is 37.8 Å². The van der Waals surface area contributed by atoms with Gasteiger partial charge in [-0.25, -0.2) is 4.79 Å². The van der Waals surface area contributed by atoms with Gasteiger partial charge in [-0.1, -0.05) is 20.8 Å². The van der Waals surface area contributed by atoms with Gasteiger partial charge in [0.2, 0.25) is 5.91 Å². The predicted molar refractivity (Wildman–Crippen MR) is 124 cm³/mol. The SMILES string of the molecule is CCCN(CC(=O)N(Cc1cccn1C)CC(C)C)C(=O)Nc1ccc(OCC)cc1. The van der Waals surface area contributed by atoms with Crippen molar-refractivity contribution in [3.05, 3.63) is 48.3 Å². The average molecular weight is 429 g/mol. The van der Waals surface area contributed by atoms with Gasteiger partial charge >= 0.3 is 6.03 Å². The lowest BCUT2D eigenvalue weighted by Crippen LogP contribution is -2.45. The minimum atomic E-state index is -0.275. The number of benzene rings is 1. The van der Waals surface area contributed by atoms with Crippen LogP contribution in [0.2, 0.25) is 0 Å². The van der Waals surface area contributed by atoms with Crippen LogP contribution in [0.3, 0.4) is 0 Å². The fraction of sp³-hybridized carbons (Fsp3) is 0.500. The second kappa shape index (κ2) is 12.0. The van der Waals surface area contributed by atoms with Crippen LogP contribution in [0.1, 0.15) is 39.8 Å². The van der Waals surface area contributed by atoms with Crippen molar-refractivity contribution in [2.45, 2.75) is 40.7 Å². The molecule has 1 heterocycles. The maximum absolute atomic E-state index is 13.2. The highest BCUT2D eigenvalue weighted by atomic mass is 16.5. The summed E-state index contributed by atoms with van der Waals surface area (Å²) in [6.07, 6.45) is 2.74. The van der Waals surface area contributed by atoms with Crippen LogP contribution in [0.4, 0.5) is 10.5 Å². The third-order valence-electron chi connectivity index (χ3n) is 4.87.